The Hall–Kier alpha value is -0.710. The molecule has 0 fully saturated rings. The first kappa shape index (κ1) is 10.4. The van der Waals surface area contributed by atoms with Gasteiger partial charge in [-0.2, -0.15) is 0 Å². The predicted molar refractivity (Wildman–Crippen MR) is 67.6 cm³/mol. The van der Waals surface area contributed by atoms with Crippen molar-refractivity contribution in [3.8, 4) is 0 Å². The quantitative estimate of drug-likeness (QED) is 0.877. The fourth-order valence-corrected chi connectivity index (χ4v) is 4.00. The van der Waals surface area contributed by atoms with Gasteiger partial charge in [0.15, 0.2) is 0 Å². The maximum atomic E-state index is 10.8. The Balaban J connectivity index is 2.19. The number of hydrogen-bond acceptors (Lipinski definition) is 3. The highest BCUT2D eigenvalue weighted by atomic mass is 79.9. The van der Waals surface area contributed by atoms with Crippen molar-refractivity contribution in [2.45, 2.75) is 18.4 Å². The molecule has 1 N–H and O–H groups in total. The zero-order chi connectivity index (χ0) is 11.2. The molecule has 1 aliphatic rings. The molecule has 2 aromatic rings. The summed E-state index contributed by atoms with van der Waals surface area (Å²) in [7, 11) is 0. The van der Waals surface area contributed by atoms with Gasteiger partial charge in [0, 0.05) is 0 Å². The van der Waals surface area contributed by atoms with E-state index in [0.29, 0.717) is 0 Å². The molecule has 1 unspecified atom stereocenters. The Labute approximate surface area is 106 Å². The molecule has 1 aliphatic carbocycles. The minimum atomic E-state index is -0.851. The summed E-state index contributed by atoms with van der Waals surface area (Å²) in [6.07, 6.45) is 1.67. The molecular weight excluding hydrogens is 286 g/mol. The summed E-state index contributed by atoms with van der Waals surface area (Å²) >= 11 is 4.90. The van der Waals surface area contributed by atoms with Gasteiger partial charge in [0.2, 0.25) is 0 Å². The van der Waals surface area contributed by atoms with Crippen LogP contribution in [-0.4, -0.2) is 10.1 Å². The minimum Gasteiger partial charge on any atom is -0.379 e. The minimum absolute atomic E-state index is 0.743. The maximum Gasteiger partial charge on any atom is 0.127 e. The lowest BCUT2D eigenvalue weighted by molar-refractivity contribution is 0.0858. The second kappa shape index (κ2) is 3.65. The number of aryl methyl sites for hydroxylation is 1. The van der Waals surface area contributed by atoms with E-state index in [2.05, 4.69) is 27.0 Å². The molecule has 82 valence electrons. The van der Waals surface area contributed by atoms with Crippen LogP contribution in [0.3, 0.4) is 0 Å². The molecular formula is C12H10BrNOS. The first-order valence-corrected chi connectivity index (χ1v) is 6.79. The van der Waals surface area contributed by atoms with Gasteiger partial charge in [0.05, 0.1) is 10.4 Å². The molecule has 1 atom stereocenters. The molecule has 3 rings (SSSR count). The molecule has 4 heteroatoms. The van der Waals surface area contributed by atoms with Crippen LogP contribution in [0.5, 0.6) is 0 Å². The molecule has 0 amide bonds. The van der Waals surface area contributed by atoms with Crippen LogP contribution >= 0.6 is 27.3 Å². The Morgan fingerprint density at radius 3 is 2.94 bits per heavy atom. The van der Waals surface area contributed by atoms with Gasteiger partial charge in [-0.1, -0.05) is 24.3 Å². The number of rotatable bonds is 1. The lowest BCUT2D eigenvalue weighted by Gasteiger charge is -2.22. The second-order valence-corrected chi connectivity index (χ2v) is 5.60. The van der Waals surface area contributed by atoms with Crippen molar-refractivity contribution in [3.63, 3.8) is 0 Å². The third-order valence-electron chi connectivity index (χ3n) is 3.12. The maximum absolute atomic E-state index is 10.8. The van der Waals surface area contributed by atoms with E-state index >= 15 is 0 Å². The van der Waals surface area contributed by atoms with E-state index < -0.39 is 5.60 Å². The molecule has 0 saturated heterocycles. The molecule has 1 aromatic carbocycles. The van der Waals surface area contributed by atoms with E-state index in [-0.39, 0.29) is 0 Å². The summed E-state index contributed by atoms with van der Waals surface area (Å²) in [5, 5.41) is 10.8. The number of hydrogen-bond donors (Lipinski definition) is 1. The molecule has 0 radical (unpaired) electrons. The Morgan fingerprint density at radius 2 is 2.19 bits per heavy atom. The number of benzene rings is 1. The van der Waals surface area contributed by atoms with Gasteiger partial charge in [0.25, 0.3) is 0 Å². The van der Waals surface area contributed by atoms with Gasteiger partial charge < -0.3 is 5.11 Å². The van der Waals surface area contributed by atoms with Crippen molar-refractivity contribution >= 4 is 27.3 Å². The van der Waals surface area contributed by atoms with Crippen molar-refractivity contribution in [1.82, 2.24) is 4.98 Å². The fourth-order valence-electron chi connectivity index (χ4n) is 2.33. The summed E-state index contributed by atoms with van der Waals surface area (Å²) in [5.41, 5.74) is 3.18. The van der Waals surface area contributed by atoms with Crippen LogP contribution in [0, 0.1) is 0 Å². The number of halogens is 1. The van der Waals surface area contributed by atoms with Crippen LogP contribution in [0.4, 0.5) is 0 Å². The largest absolute Gasteiger partial charge is 0.379 e. The highest BCUT2D eigenvalue weighted by Crippen LogP contribution is 2.45. The monoisotopic (exact) mass is 295 g/mol. The number of aliphatic hydroxyl groups is 1. The van der Waals surface area contributed by atoms with Gasteiger partial charge in [-0.05, 0) is 39.9 Å². The Morgan fingerprint density at radius 1 is 1.38 bits per heavy atom. The molecule has 16 heavy (non-hydrogen) atoms. The topological polar surface area (TPSA) is 33.1 Å². The van der Waals surface area contributed by atoms with Gasteiger partial charge in [-0.15, -0.1) is 11.3 Å². The number of aromatic nitrogens is 1. The Bertz CT molecular complexity index is 539. The molecule has 1 aromatic heterocycles. The summed E-state index contributed by atoms with van der Waals surface area (Å²) in [6, 6.07) is 8.09. The SMILES string of the molecule is OC1(c2scnc2Br)CCc2ccccc21. The lowest BCUT2D eigenvalue weighted by atomic mass is 9.95. The average molecular weight is 296 g/mol. The summed E-state index contributed by atoms with van der Waals surface area (Å²) < 4.78 is 0.761. The third-order valence-corrected chi connectivity index (χ3v) is 4.96. The third kappa shape index (κ3) is 1.37. The normalized spacial score (nSPS) is 23.4. The zero-order valence-corrected chi connectivity index (χ0v) is 10.9. The van der Waals surface area contributed by atoms with E-state index in [1.165, 1.54) is 16.9 Å². The molecule has 1 heterocycles. The van der Waals surface area contributed by atoms with Crippen molar-refractivity contribution in [2.24, 2.45) is 0 Å². The predicted octanol–water partition coefficient (Wildman–Crippen LogP) is 3.09. The first-order valence-electron chi connectivity index (χ1n) is 5.12. The smallest absolute Gasteiger partial charge is 0.127 e. The molecule has 0 saturated carbocycles. The highest BCUT2D eigenvalue weighted by Gasteiger charge is 2.40. The van der Waals surface area contributed by atoms with Crippen molar-refractivity contribution in [1.29, 1.82) is 0 Å². The second-order valence-electron chi connectivity index (χ2n) is 3.99. The Kier molecular flexibility index (Phi) is 2.38. The van der Waals surface area contributed by atoms with Gasteiger partial charge in [-0.3, -0.25) is 0 Å². The van der Waals surface area contributed by atoms with Gasteiger partial charge in [0.1, 0.15) is 10.2 Å². The van der Waals surface area contributed by atoms with E-state index in [0.717, 1.165) is 27.9 Å². The van der Waals surface area contributed by atoms with E-state index in [9.17, 15) is 5.11 Å². The lowest BCUT2D eigenvalue weighted by Crippen LogP contribution is -2.22. The number of nitrogens with zero attached hydrogens (tertiary/aromatic N) is 1. The van der Waals surface area contributed by atoms with Crippen LogP contribution < -0.4 is 0 Å². The average Bonchev–Trinajstić information content (AvgIpc) is 2.86. The number of fused-ring (bicyclic) bond motifs is 1. The standard InChI is InChI=1S/C12H10BrNOS/c13-11-10(16-7-14-11)12(15)6-5-8-3-1-2-4-9(8)12/h1-4,7,15H,5-6H2. The molecule has 0 spiro atoms. The van der Waals surface area contributed by atoms with Crippen LogP contribution in [0.25, 0.3) is 0 Å². The fraction of sp³-hybridized carbons (Fsp3) is 0.250. The van der Waals surface area contributed by atoms with E-state index in [4.69, 9.17) is 0 Å². The van der Waals surface area contributed by atoms with Crippen LogP contribution in [0.1, 0.15) is 22.4 Å². The van der Waals surface area contributed by atoms with Crippen molar-refractivity contribution in [3.05, 3.63) is 50.4 Å². The van der Waals surface area contributed by atoms with E-state index in [1.807, 2.05) is 18.2 Å². The van der Waals surface area contributed by atoms with Crippen molar-refractivity contribution < 1.29 is 5.11 Å². The van der Waals surface area contributed by atoms with Gasteiger partial charge in [-0.25, -0.2) is 4.98 Å². The molecule has 0 bridgehead atoms. The van der Waals surface area contributed by atoms with Crippen LogP contribution in [-0.2, 0) is 12.0 Å². The van der Waals surface area contributed by atoms with Crippen LogP contribution in [0.2, 0.25) is 0 Å². The van der Waals surface area contributed by atoms with Crippen molar-refractivity contribution in [2.75, 3.05) is 0 Å². The first-order chi connectivity index (χ1) is 7.72. The number of thiazole rings is 1. The van der Waals surface area contributed by atoms with E-state index in [1.54, 1.807) is 5.51 Å². The molecule has 2 nitrogen and oxygen atoms in total. The summed E-state index contributed by atoms with van der Waals surface area (Å²) in [4.78, 5) is 5.07. The summed E-state index contributed by atoms with van der Waals surface area (Å²) in [5.74, 6) is 0. The van der Waals surface area contributed by atoms with Crippen LogP contribution in [0.15, 0.2) is 34.4 Å². The summed E-state index contributed by atoms with van der Waals surface area (Å²) in [6.45, 7) is 0. The van der Waals surface area contributed by atoms with Gasteiger partial charge >= 0.3 is 0 Å². The molecule has 0 aliphatic heterocycles. The highest BCUT2D eigenvalue weighted by molar-refractivity contribution is 9.10. The zero-order valence-electron chi connectivity index (χ0n) is 8.48.